The van der Waals surface area contributed by atoms with Crippen LogP contribution in [0.4, 0.5) is 5.95 Å². The average molecular weight is 246 g/mol. The molecule has 1 aromatic heterocycles. The van der Waals surface area contributed by atoms with Crippen LogP contribution >= 0.6 is 0 Å². The molecule has 0 spiro atoms. The molecule has 4 heteroatoms. The largest absolute Gasteiger partial charge is 0.338 e. The summed E-state index contributed by atoms with van der Waals surface area (Å²) >= 11 is 0. The first-order valence-corrected chi connectivity index (χ1v) is 7.16. The Hall–Kier alpha value is -1.16. The van der Waals surface area contributed by atoms with Crippen molar-refractivity contribution in [3.05, 3.63) is 18.0 Å². The molecule has 0 unspecified atom stereocenters. The average Bonchev–Trinajstić information content (AvgIpc) is 2.47. The number of anilines is 1. The summed E-state index contributed by atoms with van der Waals surface area (Å²) < 4.78 is 0. The second-order valence-corrected chi connectivity index (χ2v) is 5.54. The predicted octanol–water partition coefficient (Wildman–Crippen LogP) is 2.09. The van der Waals surface area contributed by atoms with Gasteiger partial charge in [-0.25, -0.2) is 9.97 Å². The summed E-state index contributed by atoms with van der Waals surface area (Å²) in [6, 6.07) is 0.677. The van der Waals surface area contributed by atoms with Crippen molar-refractivity contribution in [3.63, 3.8) is 0 Å². The lowest BCUT2D eigenvalue weighted by Crippen LogP contribution is -2.47. The van der Waals surface area contributed by atoms with Gasteiger partial charge in [-0.2, -0.15) is 0 Å². The van der Waals surface area contributed by atoms with Crippen LogP contribution in [0.3, 0.4) is 0 Å². The number of nitrogens with zero attached hydrogens (tertiary/aromatic N) is 3. The molecule has 0 bridgehead atoms. The number of piperidine rings is 1. The summed E-state index contributed by atoms with van der Waals surface area (Å²) in [6.07, 6.45) is 11.9. The van der Waals surface area contributed by atoms with E-state index in [0.29, 0.717) is 12.6 Å². The maximum absolute atomic E-state index is 5.59. The van der Waals surface area contributed by atoms with Crippen molar-refractivity contribution in [2.24, 2.45) is 11.7 Å². The molecule has 1 aliphatic carbocycles. The summed E-state index contributed by atoms with van der Waals surface area (Å²) in [5.41, 5.74) is 6.60. The van der Waals surface area contributed by atoms with Crippen LogP contribution in [-0.4, -0.2) is 22.6 Å². The van der Waals surface area contributed by atoms with E-state index >= 15 is 0 Å². The van der Waals surface area contributed by atoms with Crippen molar-refractivity contribution in [3.8, 4) is 0 Å². The number of hydrogen-bond donors (Lipinski definition) is 1. The molecule has 0 amide bonds. The number of fused-ring (bicyclic) bond motifs is 1. The first kappa shape index (κ1) is 11.9. The second-order valence-electron chi connectivity index (χ2n) is 5.54. The van der Waals surface area contributed by atoms with E-state index < -0.39 is 0 Å². The molecule has 1 aromatic rings. The molecule has 2 N–H and O–H groups in total. The van der Waals surface area contributed by atoms with Crippen molar-refractivity contribution in [2.45, 2.75) is 51.1 Å². The van der Waals surface area contributed by atoms with Gasteiger partial charge in [0, 0.05) is 37.1 Å². The highest BCUT2D eigenvalue weighted by Crippen LogP contribution is 2.36. The van der Waals surface area contributed by atoms with Crippen molar-refractivity contribution < 1.29 is 0 Å². The summed E-state index contributed by atoms with van der Waals surface area (Å²) in [6.45, 7) is 1.63. The second kappa shape index (κ2) is 5.22. The van der Waals surface area contributed by atoms with E-state index in [0.717, 1.165) is 24.0 Å². The third-order valence-corrected chi connectivity index (χ3v) is 4.43. The van der Waals surface area contributed by atoms with Crippen LogP contribution in [0.15, 0.2) is 12.4 Å². The molecule has 1 saturated carbocycles. The number of hydrogen-bond acceptors (Lipinski definition) is 4. The van der Waals surface area contributed by atoms with Crippen LogP contribution in [0.25, 0.3) is 0 Å². The van der Waals surface area contributed by atoms with Crippen LogP contribution < -0.4 is 10.6 Å². The number of aromatic nitrogens is 2. The van der Waals surface area contributed by atoms with Gasteiger partial charge in [-0.3, -0.25) is 0 Å². The SMILES string of the molecule is NCc1cnc(N2CCC[C@H]3CCCC[C@H]32)nc1. The van der Waals surface area contributed by atoms with Crippen LogP contribution in [0.2, 0.25) is 0 Å². The van der Waals surface area contributed by atoms with E-state index in [2.05, 4.69) is 14.9 Å². The molecule has 18 heavy (non-hydrogen) atoms. The third kappa shape index (κ3) is 2.21. The Morgan fingerprint density at radius 3 is 2.61 bits per heavy atom. The molecule has 3 rings (SSSR count). The first-order valence-electron chi connectivity index (χ1n) is 7.16. The molecule has 1 aliphatic heterocycles. The highest BCUT2D eigenvalue weighted by atomic mass is 15.3. The van der Waals surface area contributed by atoms with E-state index in [4.69, 9.17) is 5.73 Å². The number of rotatable bonds is 2. The first-order chi connectivity index (χ1) is 8.88. The van der Waals surface area contributed by atoms with E-state index in [-0.39, 0.29) is 0 Å². The topological polar surface area (TPSA) is 55.0 Å². The summed E-state index contributed by atoms with van der Waals surface area (Å²) in [5.74, 6) is 1.77. The third-order valence-electron chi connectivity index (χ3n) is 4.43. The minimum Gasteiger partial charge on any atom is -0.338 e. The quantitative estimate of drug-likeness (QED) is 0.868. The maximum atomic E-state index is 5.59. The Morgan fingerprint density at radius 1 is 1.11 bits per heavy atom. The predicted molar refractivity (Wildman–Crippen MR) is 72.2 cm³/mol. The van der Waals surface area contributed by atoms with Gasteiger partial charge >= 0.3 is 0 Å². The van der Waals surface area contributed by atoms with Gasteiger partial charge in [-0.15, -0.1) is 0 Å². The summed E-state index contributed by atoms with van der Waals surface area (Å²) in [5, 5.41) is 0. The van der Waals surface area contributed by atoms with Gasteiger partial charge in [0.25, 0.3) is 0 Å². The highest BCUT2D eigenvalue weighted by molar-refractivity contribution is 5.33. The van der Waals surface area contributed by atoms with Gasteiger partial charge in [0.05, 0.1) is 0 Å². The Morgan fingerprint density at radius 2 is 1.83 bits per heavy atom. The van der Waals surface area contributed by atoms with Gasteiger partial charge in [-0.1, -0.05) is 12.8 Å². The molecule has 2 fully saturated rings. The standard InChI is InChI=1S/C14H22N4/c15-8-11-9-16-14(17-10-11)18-7-3-5-12-4-1-2-6-13(12)18/h9-10,12-13H,1-8,15H2/t12-,13-/m1/s1. The molecule has 2 aliphatic rings. The van der Waals surface area contributed by atoms with Crippen molar-refractivity contribution in [1.29, 1.82) is 0 Å². The molecule has 0 radical (unpaired) electrons. The van der Waals surface area contributed by atoms with E-state index in [1.807, 2.05) is 12.4 Å². The smallest absolute Gasteiger partial charge is 0.225 e. The Kier molecular flexibility index (Phi) is 3.46. The van der Waals surface area contributed by atoms with Gasteiger partial charge in [0.1, 0.15) is 0 Å². The summed E-state index contributed by atoms with van der Waals surface area (Å²) in [4.78, 5) is 11.4. The van der Waals surface area contributed by atoms with Gasteiger partial charge in [0.2, 0.25) is 5.95 Å². The highest BCUT2D eigenvalue weighted by Gasteiger charge is 2.34. The Bertz CT molecular complexity index is 387. The minimum absolute atomic E-state index is 0.520. The number of nitrogens with two attached hydrogens (primary N) is 1. The minimum atomic E-state index is 0.520. The fraction of sp³-hybridized carbons (Fsp3) is 0.714. The van der Waals surface area contributed by atoms with E-state index in [1.54, 1.807) is 0 Å². The lowest BCUT2D eigenvalue weighted by atomic mass is 9.78. The van der Waals surface area contributed by atoms with Crippen molar-refractivity contribution in [2.75, 3.05) is 11.4 Å². The van der Waals surface area contributed by atoms with E-state index in [9.17, 15) is 0 Å². The van der Waals surface area contributed by atoms with Crippen molar-refractivity contribution in [1.82, 2.24) is 9.97 Å². The van der Waals surface area contributed by atoms with Crippen LogP contribution in [0.5, 0.6) is 0 Å². The normalized spacial score (nSPS) is 27.9. The summed E-state index contributed by atoms with van der Waals surface area (Å²) in [7, 11) is 0. The molecule has 0 aromatic carbocycles. The lowest BCUT2D eigenvalue weighted by molar-refractivity contribution is 0.241. The Balaban J connectivity index is 1.80. The van der Waals surface area contributed by atoms with Crippen molar-refractivity contribution >= 4 is 5.95 Å². The van der Waals surface area contributed by atoms with E-state index in [1.165, 1.54) is 38.5 Å². The molecular weight excluding hydrogens is 224 g/mol. The Labute approximate surface area is 109 Å². The fourth-order valence-corrected chi connectivity index (χ4v) is 3.47. The fourth-order valence-electron chi connectivity index (χ4n) is 3.47. The van der Waals surface area contributed by atoms with Gasteiger partial charge in [0.15, 0.2) is 0 Å². The zero-order valence-electron chi connectivity index (χ0n) is 10.9. The van der Waals surface area contributed by atoms with Crippen LogP contribution in [0, 0.1) is 5.92 Å². The zero-order valence-corrected chi connectivity index (χ0v) is 10.9. The molecule has 1 saturated heterocycles. The van der Waals surface area contributed by atoms with Gasteiger partial charge in [-0.05, 0) is 31.6 Å². The molecule has 2 atom stereocenters. The molecule has 2 heterocycles. The van der Waals surface area contributed by atoms with Crippen LogP contribution in [-0.2, 0) is 6.54 Å². The maximum Gasteiger partial charge on any atom is 0.225 e. The monoisotopic (exact) mass is 246 g/mol. The van der Waals surface area contributed by atoms with Crippen LogP contribution in [0.1, 0.15) is 44.1 Å². The molecular formula is C14H22N4. The molecule has 98 valence electrons. The van der Waals surface area contributed by atoms with Gasteiger partial charge < -0.3 is 10.6 Å². The lowest BCUT2D eigenvalue weighted by Gasteiger charge is -2.44. The zero-order chi connectivity index (χ0) is 12.4. The molecule has 4 nitrogen and oxygen atoms in total.